The third-order valence-electron chi connectivity index (χ3n) is 3.57. The van der Waals surface area contributed by atoms with E-state index >= 15 is 0 Å². The van der Waals surface area contributed by atoms with Gasteiger partial charge in [0.2, 0.25) is 0 Å². The highest BCUT2D eigenvalue weighted by atomic mass is 35.5. The standard InChI is InChI=1S/C16H11ClF5N3OS2/c1-26-11-4-8(2-3-12(11)28-14(18)19)7-27-15-24-23-13-10(17)5-9(6-25(13)15)16(20,21)22/h2-6,14H,7H2,1H3. The Hall–Kier alpha value is -1.72. The summed E-state index contributed by atoms with van der Waals surface area (Å²) in [6.45, 7) is 0. The molecule has 28 heavy (non-hydrogen) atoms. The molecule has 150 valence electrons. The first-order chi connectivity index (χ1) is 13.2. The minimum absolute atomic E-state index is 0.110. The number of nitrogens with zero attached hydrogens (tertiary/aromatic N) is 3. The number of benzene rings is 1. The van der Waals surface area contributed by atoms with Gasteiger partial charge in [-0.1, -0.05) is 41.2 Å². The van der Waals surface area contributed by atoms with Gasteiger partial charge in [0.25, 0.3) is 5.76 Å². The van der Waals surface area contributed by atoms with Gasteiger partial charge >= 0.3 is 6.18 Å². The van der Waals surface area contributed by atoms with E-state index in [-0.39, 0.29) is 21.6 Å². The maximum absolute atomic E-state index is 13.0. The number of methoxy groups -OCH3 is 1. The van der Waals surface area contributed by atoms with Crippen molar-refractivity contribution >= 4 is 40.8 Å². The Morgan fingerprint density at radius 3 is 2.61 bits per heavy atom. The lowest BCUT2D eigenvalue weighted by Crippen LogP contribution is -2.07. The largest absolute Gasteiger partial charge is 0.496 e. The Balaban J connectivity index is 1.85. The van der Waals surface area contributed by atoms with Gasteiger partial charge in [0.05, 0.1) is 22.6 Å². The molecule has 0 N–H and O–H groups in total. The second-order valence-electron chi connectivity index (χ2n) is 5.40. The molecule has 0 aliphatic rings. The lowest BCUT2D eigenvalue weighted by molar-refractivity contribution is -0.137. The van der Waals surface area contributed by atoms with Crippen LogP contribution in [0.1, 0.15) is 11.1 Å². The van der Waals surface area contributed by atoms with Crippen molar-refractivity contribution in [2.24, 2.45) is 0 Å². The molecule has 12 heteroatoms. The molecule has 1 aromatic carbocycles. The zero-order valence-corrected chi connectivity index (χ0v) is 16.4. The van der Waals surface area contributed by atoms with Gasteiger partial charge < -0.3 is 4.74 Å². The summed E-state index contributed by atoms with van der Waals surface area (Å²) >= 11 is 7.38. The number of aromatic nitrogens is 3. The second-order valence-corrected chi connectivity index (χ2v) is 7.78. The van der Waals surface area contributed by atoms with E-state index in [0.29, 0.717) is 22.4 Å². The molecule has 2 aromatic heterocycles. The molecule has 0 atom stereocenters. The number of fused-ring (bicyclic) bond motifs is 1. The van der Waals surface area contributed by atoms with E-state index in [1.165, 1.54) is 17.6 Å². The molecule has 0 unspecified atom stereocenters. The summed E-state index contributed by atoms with van der Waals surface area (Å²) in [5, 5.41) is 7.75. The fourth-order valence-electron chi connectivity index (χ4n) is 2.33. The Labute approximate surface area is 169 Å². The molecule has 0 aliphatic heterocycles. The van der Waals surface area contributed by atoms with Crippen LogP contribution in [0.25, 0.3) is 5.65 Å². The van der Waals surface area contributed by atoms with Crippen molar-refractivity contribution in [1.82, 2.24) is 14.6 Å². The molecule has 0 radical (unpaired) electrons. The van der Waals surface area contributed by atoms with Gasteiger partial charge in [0.1, 0.15) is 5.75 Å². The Morgan fingerprint density at radius 2 is 1.96 bits per heavy atom. The number of pyridine rings is 1. The second kappa shape index (κ2) is 8.34. The fourth-order valence-corrected chi connectivity index (χ4v) is 4.03. The van der Waals surface area contributed by atoms with Crippen molar-refractivity contribution in [3.8, 4) is 5.75 Å². The lowest BCUT2D eigenvalue weighted by Gasteiger charge is -2.10. The molecule has 2 heterocycles. The van der Waals surface area contributed by atoms with Crippen LogP contribution in [0, 0.1) is 0 Å². The van der Waals surface area contributed by atoms with E-state index in [1.807, 2.05) is 0 Å². The van der Waals surface area contributed by atoms with Gasteiger partial charge in [-0.05, 0) is 23.8 Å². The number of alkyl halides is 5. The maximum atomic E-state index is 13.0. The van der Waals surface area contributed by atoms with Crippen molar-refractivity contribution in [3.05, 3.63) is 46.6 Å². The van der Waals surface area contributed by atoms with Gasteiger partial charge in [-0.25, -0.2) is 0 Å². The van der Waals surface area contributed by atoms with Gasteiger partial charge in [-0.15, -0.1) is 10.2 Å². The third-order valence-corrected chi connectivity index (χ3v) is 5.63. The quantitative estimate of drug-likeness (QED) is 0.336. The lowest BCUT2D eigenvalue weighted by atomic mass is 10.2. The molecule has 0 saturated carbocycles. The minimum atomic E-state index is -4.56. The summed E-state index contributed by atoms with van der Waals surface area (Å²) in [5.74, 6) is -1.98. The van der Waals surface area contributed by atoms with Gasteiger partial charge in [0.15, 0.2) is 10.8 Å². The van der Waals surface area contributed by atoms with E-state index in [1.54, 1.807) is 12.1 Å². The first-order valence-electron chi connectivity index (χ1n) is 7.55. The Kier molecular flexibility index (Phi) is 6.25. The third kappa shape index (κ3) is 4.64. The minimum Gasteiger partial charge on any atom is -0.496 e. The number of ether oxygens (including phenoxy) is 1. The van der Waals surface area contributed by atoms with Gasteiger partial charge in [0, 0.05) is 11.9 Å². The first kappa shape index (κ1) is 21.0. The highest BCUT2D eigenvalue weighted by Gasteiger charge is 2.32. The maximum Gasteiger partial charge on any atom is 0.417 e. The highest BCUT2D eigenvalue weighted by molar-refractivity contribution is 7.99. The molecule has 3 aromatic rings. The van der Waals surface area contributed by atoms with Crippen LogP contribution < -0.4 is 4.74 Å². The number of hydrogen-bond donors (Lipinski definition) is 0. The molecule has 0 spiro atoms. The van der Waals surface area contributed by atoms with E-state index < -0.39 is 17.5 Å². The van der Waals surface area contributed by atoms with E-state index in [9.17, 15) is 22.0 Å². The first-order valence-corrected chi connectivity index (χ1v) is 9.79. The predicted molar refractivity (Wildman–Crippen MR) is 97.4 cm³/mol. The summed E-state index contributed by atoms with van der Waals surface area (Å²) in [7, 11) is 1.37. The van der Waals surface area contributed by atoms with Crippen molar-refractivity contribution < 1.29 is 26.7 Å². The summed E-state index contributed by atoms with van der Waals surface area (Å²) in [4.78, 5) is 0.292. The SMILES string of the molecule is COc1cc(CSc2nnc3c(Cl)cc(C(F)(F)F)cn23)ccc1SC(F)F. The van der Waals surface area contributed by atoms with Gasteiger partial charge in [-0.3, -0.25) is 4.40 Å². The van der Waals surface area contributed by atoms with Crippen LogP contribution in [0.15, 0.2) is 40.5 Å². The molecule has 0 aliphatic carbocycles. The molecule has 4 nitrogen and oxygen atoms in total. The van der Waals surface area contributed by atoms with E-state index in [4.69, 9.17) is 16.3 Å². The smallest absolute Gasteiger partial charge is 0.417 e. The summed E-state index contributed by atoms with van der Waals surface area (Å²) in [5.41, 5.74) is -0.0876. The summed E-state index contributed by atoms with van der Waals surface area (Å²) < 4.78 is 70.4. The molecular weight excluding hydrogens is 445 g/mol. The topological polar surface area (TPSA) is 39.4 Å². The van der Waals surface area contributed by atoms with Crippen molar-refractivity contribution in [3.63, 3.8) is 0 Å². The number of thioether (sulfide) groups is 2. The van der Waals surface area contributed by atoms with Crippen LogP contribution in [0.5, 0.6) is 5.75 Å². The molecule has 0 amide bonds. The van der Waals surface area contributed by atoms with Gasteiger partial charge in [-0.2, -0.15) is 22.0 Å². The number of halogens is 6. The van der Waals surface area contributed by atoms with Crippen molar-refractivity contribution in [2.45, 2.75) is 27.7 Å². The van der Waals surface area contributed by atoms with E-state index in [0.717, 1.165) is 29.6 Å². The summed E-state index contributed by atoms with van der Waals surface area (Å²) in [6, 6.07) is 5.53. The van der Waals surface area contributed by atoms with E-state index in [2.05, 4.69) is 10.2 Å². The van der Waals surface area contributed by atoms with Crippen LogP contribution in [0.4, 0.5) is 22.0 Å². The monoisotopic (exact) mass is 455 g/mol. The Morgan fingerprint density at radius 1 is 1.21 bits per heavy atom. The summed E-state index contributed by atoms with van der Waals surface area (Å²) in [6.07, 6.45) is -3.68. The normalized spacial score (nSPS) is 12.1. The average Bonchev–Trinajstić information content (AvgIpc) is 3.03. The van der Waals surface area contributed by atoms with Crippen molar-refractivity contribution in [2.75, 3.05) is 7.11 Å². The fraction of sp³-hybridized carbons (Fsp3) is 0.250. The highest BCUT2D eigenvalue weighted by Crippen LogP contribution is 2.36. The number of rotatable bonds is 6. The van der Waals surface area contributed by atoms with Crippen LogP contribution in [0.2, 0.25) is 5.02 Å². The average molecular weight is 456 g/mol. The number of hydrogen-bond acceptors (Lipinski definition) is 5. The van der Waals surface area contributed by atoms with Crippen molar-refractivity contribution in [1.29, 1.82) is 0 Å². The molecule has 0 saturated heterocycles. The van der Waals surface area contributed by atoms with Crippen LogP contribution in [-0.2, 0) is 11.9 Å². The molecular formula is C16H11ClF5N3OS2. The predicted octanol–water partition coefficient (Wildman–Crippen LogP) is 6.02. The zero-order valence-electron chi connectivity index (χ0n) is 14.0. The molecule has 0 bridgehead atoms. The zero-order chi connectivity index (χ0) is 20.5. The van der Waals surface area contributed by atoms with Crippen LogP contribution in [0.3, 0.4) is 0 Å². The van der Waals surface area contributed by atoms with Crippen LogP contribution in [-0.4, -0.2) is 27.5 Å². The molecule has 3 rings (SSSR count). The van der Waals surface area contributed by atoms with Crippen LogP contribution >= 0.6 is 35.1 Å². The Bertz CT molecular complexity index is 996. The molecule has 0 fully saturated rings.